The minimum Gasteiger partial charge on any atom is -0.489 e. The quantitative estimate of drug-likeness (QED) is 0.450. The highest BCUT2D eigenvalue weighted by atomic mass is 16.5. The molecule has 2 saturated heterocycles. The predicted molar refractivity (Wildman–Crippen MR) is 141 cm³/mol. The number of benzene rings is 2. The van der Waals surface area contributed by atoms with Gasteiger partial charge in [0.15, 0.2) is 5.65 Å². The number of likely N-dealkylation sites (N-methyl/N-ethyl adjacent to an activating group) is 1. The summed E-state index contributed by atoms with van der Waals surface area (Å²) < 4.78 is 6.17. The Morgan fingerprint density at radius 2 is 1.89 bits per heavy atom. The van der Waals surface area contributed by atoms with E-state index in [1.807, 2.05) is 30.5 Å². The van der Waals surface area contributed by atoms with Crippen LogP contribution in [0.3, 0.4) is 0 Å². The first-order valence-electron chi connectivity index (χ1n) is 12.7. The Morgan fingerprint density at radius 3 is 2.70 bits per heavy atom. The second-order valence-electron chi connectivity index (χ2n) is 10.2. The molecular formula is C28H28N6O3. The van der Waals surface area contributed by atoms with Crippen molar-refractivity contribution in [2.45, 2.75) is 12.1 Å². The fourth-order valence-electron chi connectivity index (χ4n) is 5.53. The van der Waals surface area contributed by atoms with E-state index in [0.29, 0.717) is 36.9 Å². The zero-order valence-corrected chi connectivity index (χ0v) is 20.6. The van der Waals surface area contributed by atoms with Gasteiger partial charge in [0.2, 0.25) is 0 Å². The number of aromatic nitrogens is 3. The molecule has 188 valence electrons. The number of carbonyl (C=O) groups excluding carboxylic acids is 1. The summed E-state index contributed by atoms with van der Waals surface area (Å²) in [7, 11) is 2.16. The first-order valence-corrected chi connectivity index (χ1v) is 12.7. The molecule has 0 radical (unpaired) electrons. The van der Waals surface area contributed by atoms with Crippen molar-refractivity contribution in [3.05, 3.63) is 60.4 Å². The predicted octanol–water partition coefficient (Wildman–Crippen LogP) is 2.62. The molecule has 2 N–H and O–H groups in total. The van der Waals surface area contributed by atoms with Gasteiger partial charge in [0, 0.05) is 55.6 Å². The lowest BCUT2D eigenvalue weighted by atomic mass is 10.0. The molecule has 4 aromatic rings. The Labute approximate surface area is 214 Å². The monoisotopic (exact) mass is 496 g/mol. The van der Waals surface area contributed by atoms with E-state index in [1.54, 1.807) is 11.1 Å². The summed E-state index contributed by atoms with van der Waals surface area (Å²) in [5.41, 5.74) is 6.87. The second-order valence-corrected chi connectivity index (χ2v) is 10.2. The van der Waals surface area contributed by atoms with E-state index in [9.17, 15) is 9.90 Å². The lowest BCUT2D eigenvalue weighted by molar-refractivity contribution is 0.00590. The van der Waals surface area contributed by atoms with Gasteiger partial charge in [-0.15, -0.1) is 0 Å². The van der Waals surface area contributed by atoms with Crippen molar-refractivity contribution in [1.82, 2.24) is 24.8 Å². The minimum atomic E-state index is -0.410. The molecule has 7 rings (SSSR count). The van der Waals surface area contributed by atoms with Crippen molar-refractivity contribution in [2.75, 3.05) is 51.3 Å². The van der Waals surface area contributed by atoms with Crippen LogP contribution >= 0.6 is 0 Å². The number of ether oxygens (including phenoxy) is 1. The van der Waals surface area contributed by atoms with E-state index in [4.69, 9.17) is 9.72 Å². The fourth-order valence-corrected chi connectivity index (χ4v) is 5.53. The first kappa shape index (κ1) is 22.3. The van der Waals surface area contributed by atoms with Crippen molar-refractivity contribution in [2.24, 2.45) is 0 Å². The maximum atomic E-state index is 12.5. The molecule has 9 nitrogen and oxygen atoms in total. The number of piperazine rings is 1. The molecule has 2 aromatic heterocycles. The lowest BCUT2D eigenvalue weighted by Gasteiger charge is -2.44. The Hall–Kier alpha value is -3.95. The molecule has 3 aliphatic rings. The van der Waals surface area contributed by atoms with Crippen molar-refractivity contribution >= 4 is 22.8 Å². The number of carbonyl (C=O) groups is 1. The second kappa shape index (κ2) is 8.57. The molecule has 0 bridgehead atoms. The van der Waals surface area contributed by atoms with Gasteiger partial charge in [-0.1, -0.05) is 18.2 Å². The van der Waals surface area contributed by atoms with Crippen LogP contribution in [0.1, 0.15) is 10.4 Å². The number of amides is 1. The molecule has 5 heterocycles. The van der Waals surface area contributed by atoms with E-state index < -0.39 is 6.10 Å². The van der Waals surface area contributed by atoms with Crippen molar-refractivity contribution < 1.29 is 14.6 Å². The minimum absolute atomic E-state index is 0.0598. The van der Waals surface area contributed by atoms with Gasteiger partial charge in [-0.05, 0) is 36.9 Å². The maximum Gasteiger partial charge on any atom is 0.254 e. The summed E-state index contributed by atoms with van der Waals surface area (Å²) in [4.78, 5) is 31.8. The molecule has 0 aliphatic carbocycles. The molecule has 0 saturated carbocycles. The number of fused-ring (bicyclic) bond motifs is 4. The van der Waals surface area contributed by atoms with Gasteiger partial charge < -0.3 is 29.5 Å². The van der Waals surface area contributed by atoms with Crippen LogP contribution in [-0.2, 0) is 0 Å². The average Bonchev–Trinajstić information content (AvgIpc) is 3.34. The molecule has 2 fully saturated rings. The molecule has 9 heteroatoms. The number of H-pyrrole nitrogens is 1. The highest BCUT2D eigenvalue weighted by Gasteiger charge is 2.32. The van der Waals surface area contributed by atoms with E-state index in [-0.39, 0.29) is 5.91 Å². The van der Waals surface area contributed by atoms with Gasteiger partial charge in [0.25, 0.3) is 5.91 Å². The largest absolute Gasteiger partial charge is 0.489 e. The van der Waals surface area contributed by atoms with Crippen molar-refractivity contribution in [3.8, 4) is 28.1 Å². The third-order valence-electron chi connectivity index (χ3n) is 7.66. The third kappa shape index (κ3) is 3.82. The normalized spacial score (nSPS) is 19.8. The molecule has 2 aromatic carbocycles. The standard InChI is InChI=1S/C28H28N6O3/c1-32-8-9-34-20(13-32)16-37-25-10-19(6-7-24(25)34)23-12-30-27-26(31-23)22(11-29-27)17-2-4-18(5-3-17)28(36)33-14-21(35)15-33/h2-7,10-12,20-21,35H,8-9,13-16H2,1H3,(H,29,30). The van der Waals surface area contributed by atoms with E-state index in [2.05, 4.69) is 45.0 Å². The van der Waals surface area contributed by atoms with Crippen molar-refractivity contribution in [1.29, 1.82) is 0 Å². The van der Waals surface area contributed by atoms with E-state index >= 15 is 0 Å². The summed E-state index contributed by atoms with van der Waals surface area (Å²) in [5.74, 6) is 0.833. The third-order valence-corrected chi connectivity index (χ3v) is 7.66. The summed E-state index contributed by atoms with van der Waals surface area (Å²) in [6.45, 7) is 4.53. The SMILES string of the molecule is CN1CCN2c3ccc(-c4cnc5[nH]cc(-c6ccc(C(=O)N7CC(O)C7)cc6)c5n4)cc3OCC2C1. The van der Waals surface area contributed by atoms with Crippen LogP contribution in [0, 0.1) is 0 Å². The summed E-state index contributed by atoms with van der Waals surface area (Å²) >= 11 is 0. The smallest absolute Gasteiger partial charge is 0.254 e. The zero-order valence-electron chi connectivity index (χ0n) is 20.6. The van der Waals surface area contributed by atoms with Gasteiger partial charge >= 0.3 is 0 Å². The Morgan fingerprint density at radius 1 is 1.08 bits per heavy atom. The number of β-amino-alcohol motifs (C(OH)–C–C–N with tert-alkyl or cyclic N) is 1. The molecule has 3 aliphatic heterocycles. The Kier molecular flexibility index (Phi) is 5.16. The number of rotatable bonds is 3. The van der Waals surface area contributed by atoms with Crippen LogP contribution in [0.15, 0.2) is 54.9 Å². The number of nitrogens with one attached hydrogen (secondary N) is 1. The molecule has 0 spiro atoms. The lowest BCUT2D eigenvalue weighted by Crippen LogP contribution is -2.56. The number of aliphatic hydroxyl groups excluding tert-OH is 1. The van der Waals surface area contributed by atoms with Crippen LogP contribution in [-0.4, -0.2) is 94.3 Å². The topological polar surface area (TPSA) is 97.8 Å². The Bertz CT molecular complexity index is 1490. The van der Waals surface area contributed by atoms with E-state index in [1.165, 1.54) is 0 Å². The van der Waals surface area contributed by atoms with Crippen LogP contribution in [0.4, 0.5) is 5.69 Å². The van der Waals surface area contributed by atoms with Crippen LogP contribution in [0.5, 0.6) is 5.75 Å². The number of aromatic amines is 1. The maximum absolute atomic E-state index is 12.5. The van der Waals surface area contributed by atoms with Gasteiger partial charge in [0.1, 0.15) is 17.9 Å². The number of likely N-dealkylation sites (tertiary alicyclic amines) is 1. The first-order chi connectivity index (χ1) is 18.0. The molecule has 1 unspecified atom stereocenters. The summed E-state index contributed by atoms with van der Waals surface area (Å²) in [6.07, 6.45) is 3.28. The van der Waals surface area contributed by atoms with Gasteiger partial charge in [-0.25, -0.2) is 9.97 Å². The zero-order chi connectivity index (χ0) is 25.1. The summed E-state index contributed by atoms with van der Waals surface area (Å²) in [5, 5.41) is 9.48. The van der Waals surface area contributed by atoms with Gasteiger partial charge in [0.05, 0.1) is 29.7 Å². The number of aliphatic hydroxyl groups is 1. The van der Waals surface area contributed by atoms with Gasteiger partial charge in [-0.3, -0.25) is 4.79 Å². The van der Waals surface area contributed by atoms with Crippen LogP contribution in [0.25, 0.3) is 33.5 Å². The van der Waals surface area contributed by atoms with Crippen molar-refractivity contribution in [3.63, 3.8) is 0 Å². The van der Waals surface area contributed by atoms with Gasteiger partial charge in [-0.2, -0.15) is 0 Å². The van der Waals surface area contributed by atoms with Crippen LogP contribution < -0.4 is 9.64 Å². The highest BCUT2D eigenvalue weighted by Crippen LogP contribution is 2.38. The molecule has 1 amide bonds. The fraction of sp³-hybridized carbons (Fsp3) is 0.321. The number of hydrogen-bond acceptors (Lipinski definition) is 7. The average molecular weight is 497 g/mol. The highest BCUT2D eigenvalue weighted by molar-refractivity contribution is 5.96. The molecule has 1 atom stereocenters. The Balaban J connectivity index is 1.17. The molecule has 37 heavy (non-hydrogen) atoms. The molecular weight excluding hydrogens is 468 g/mol. The van der Waals surface area contributed by atoms with Crippen LogP contribution in [0.2, 0.25) is 0 Å². The summed E-state index contributed by atoms with van der Waals surface area (Å²) in [6, 6.07) is 14.2. The number of nitrogens with zero attached hydrogens (tertiary/aromatic N) is 5. The number of anilines is 1. The number of hydrogen-bond donors (Lipinski definition) is 2. The van der Waals surface area contributed by atoms with E-state index in [0.717, 1.165) is 59.0 Å².